The van der Waals surface area contributed by atoms with Crippen molar-refractivity contribution in [2.75, 3.05) is 6.54 Å². The lowest BCUT2D eigenvalue weighted by Gasteiger charge is -2.26. The van der Waals surface area contributed by atoms with Gasteiger partial charge in [-0.05, 0) is 32.0 Å². The molecule has 0 bridgehead atoms. The largest absolute Gasteiger partial charge is 0.409 e. The van der Waals surface area contributed by atoms with Gasteiger partial charge in [0.2, 0.25) is 0 Å². The minimum Gasteiger partial charge on any atom is -0.409 e. The number of benzene rings is 1. The number of halogens is 2. The summed E-state index contributed by atoms with van der Waals surface area (Å²) in [6, 6.07) is 4.93. The molecular weight excluding hydrogens is 334 g/mol. The molecule has 19 heavy (non-hydrogen) atoms. The van der Waals surface area contributed by atoms with Crippen molar-refractivity contribution in [1.29, 1.82) is 0 Å². The molecule has 0 saturated carbocycles. The second-order valence-electron chi connectivity index (χ2n) is 4.24. The molecule has 0 heterocycles. The van der Waals surface area contributed by atoms with Crippen molar-refractivity contribution < 1.29 is 10.0 Å². The van der Waals surface area contributed by atoms with Crippen LogP contribution < -0.4 is 5.73 Å². The Morgan fingerprint density at radius 1 is 1.58 bits per heavy atom. The van der Waals surface area contributed by atoms with E-state index in [-0.39, 0.29) is 24.3 Å². The van der Waals surface area contributed by atoms with E-state index in [0.29, 0.717) is 10.6 Å². The van der Waals surface area contributed by atoms with Crippen molar-refractivity contribution in [3.8, 4) is 0 Å². The number of hydrogen-bond acceptors (Lipinski definition) is 3. The number of oxime groups is 1. The molecular formula is C12H15BrClN3O2. The summed E-state index contributed by atoms with van der Waals surface area (Å²) in [5, 5.41) is 11.9. The van der Waals surface area contributed by atoms with E-state index in [9.17, 15) is 4.79 Å². The zero-order chi connectivity index (χ0) is 14.6. The number of carbonyl (C=O) groups is 1. The summed E-state index contributed by atoms with van der Waals surface area (Å²) in [5.74, 6) is -0.305. The number of amides is 1. The molecule has 0 fully saturated rings. The van der Waals surface area contributed by atoms with Gasteiger partial charge in [0.1, 0.15) is 0 Å². The predicted molar refractivity (Wildman–Crippen MR) is 78.7 cm³/mol. The zero-order valence-corrected chi connectivity index (χ0v) is 12.9. The SMILES string of the molecule is CC(C)N(CC(N)=NO)C(=O)c1cc(Br)ccc1Cl. The number of nitrogens with two attached hydrogens (primary N) is 1. The van der Waals surface area contributed by atoms with Gasteiger partial charge in [-0.15, -0.1) is 0 Å². The third kappa shape index (κ3) is 4.11. The summed E-state index contributed by atoms with van der Waals surface area (Å²) in [4.78, 5) is 13.9. The summed E-state index contributed by atoms with van der Waals surface area (Å²) in [6.45, 7) is 3.72. The first-order valence-corrected chi connectivity index (χ1v) is 6.76. The number of rotatable bonds is 4. The second-order valence-corrected chi connectivity index (χ2v) is 5.57. The van der Waals surface area contributed by atoms with Crippen molar-refractivity contribution in [2.24, 2.45) is 10.9 Å². The van der Waals surface area contributed by atoms with Gasteiger partial charge in [0.25, 0.3) is 5.91 Å². The number of carbonyl (C=O) groups excluding carboxylic acids is 1. The first-order chi connectivity index (χ1) is 8.86. The monoisotopic (exact) mass is 347 g/mol. The van der Waals surface area contributed by atoms with Crippen LogP contribution in [0.3, 0.4) is 0 Å². The van der Waals surface area contributed by atoms with E-state index < -0.39 is 0 Å². The number of amidine groups is 1. The molecule has 0 aliphatic heterocycles. The van der Waals surface area contributed by atoms with Crippen LogP contribution in [-0.4, -0.2) is 34.4 Å². The lowest BCUT2D eigenvalue weighted by Crippen LogP contribution is -2.43. The van der Waals surface area contributed by atoms with Crippen molar-refractivity contribution in [2.45, 2.75) is 19.9 Å². The average Bonchev–Trinajstić information content (AvgIpc) is 2.37. The molecule has 0 aliphatic rings. The smallest absolute Gasteiger partial charge is 0.256 e. The maximum Gasteiger partial charge on any atom is 0.256 e. The van der Waals surface area contributed by atoms with Gasteiger partial charge in [0.05, 0.1) is 17.1 Å². The molecule has 0 unspecified atom stereocenters. The normalized spacial score (nSPS) is 11.7. The Morgan fingerprint density at radius 3 is 2.74 bits per heavy atom. The van der Waals surface area contributed by atoms with E-state index in [4.69, 9.17) is 22.5 Å². The molecule has 0 aliphatic carbocycles. The molecule has 0 saturated heterocycles. The molecule has 3 N–H and O–H groups in total. The van der Waals surface area contributed by atoms with E-state index in [1.54, 1.807) is 18.2 Å². The molecule has 1 aromatic carbocycles. The third-order valence-corrected chi connectivity index (χ3v) is 3.33. The van der Waals surface area contributed by atoms with Gasteiger partial charge in [0, 0.05) is 10.5 Å². The van der Waals surface area contributed by atoms with Gasteiger partial charge in [-0.1, -0.05) is 32.7 Å². The Balaban J connectivity index is 3.09. The van der Waals surface area contributed by atoms with E-state index >= 15 is 0 Å². The van der Waals surface area contributed by atoms with Crippen LogP contribution in [0.1, 0.15) is 24.2 Å². The van der Waals surface area contributed by atoms with Crippen LogP contribution in [0, 0.1) is 0 Å². The molecule has 0 aromatic heterocycles. The molecule has 1 amide bonds. The molecule has 5 nitrogen and oxygen atoms in total. The van der Waals surface area contributed by atoms with Gasteiger partial charge in [-0.2, -0.15) is 0 Å². The van der Waals surface area contributed by atoms with Gasteiger partial charge in [0.15, 0.2) is 5.84 Å². The van der Waals surface area contributed by atoms with Crippen LogP contribution in [-0.2, 0) is 0 Å². The predicted octanol–water partition coefficient (Wildman–Crippen LogP) is 2.70. The number of nitrogens with zero attached hydrogens (tertiary/aromatic N) is 2. The van der Waals surface area contributed by atoms with Crippen molar-refractivity contribution in [1.82, 2.24) is 4.90 Å². The maximum atomic E-state index is 12.4. The highest BCUT2D eigenvalue weighted by Gasteiger charge is 2.22. The van der Waals surface area contributed by atoms with Crippen LogP contribution in [0.4, 0.5) is 0 Å². The van der Waals surface area contributed by atoms with Crippen LogP contribution in [0.2, 0.25) is 5.02 Å². The highest BCUT2D eigenvalue weighted by Crippen LogP contribution is 2.23. The molecule has 1 rings (SSSR count). The minimum atomic E-state index is -0.270. The van der Waals surface area contributed by atoms with E-state index in [2.05, 4.69) is 21.1 Å². The topological polar surface area (TPSA) is 78.9 Å². The van der Waals surface area contributed by atoms with Crippen molar-refractivity contribution >= 4 is 39.3 Å². The molecule has 7 heteroatoms. The zero-order valence-electron chi connectivity index (χ0n) is 10.6. The molecule has 0 radical (unpaired) electrons. The lowest BCUT2D eigenvalue weighted by atomic mass is 10.1. The summed E-state index contributed by atoms with van der Waals surface area (Å²) < 4.78 is 0.757. The standard InChI is InChI=1S/C12H15BrClN3O2/c1-7(2)17(6-11(15)16-19)12(18)9-5-8(13)3-4-10(9)14/h3-5,7,19H,6H2,1-2H3,(H2,15,16). The Kier molecular flexibility index (Phi) is 5.62. The highest BCUT2D eigenvalue weighted by atomic mass is 79.9. The van der Waals surface area contributed by atoms with E-state index in [1.165, 1.54) is 4.90 Å². The Labute approximate surface area is 125 Å². The Hall–Kier alpha value is -1.27. The summed E-state index contributed by atoms with van der Waals surface area (Å²) >= 11 is 9.33. The highest BCUT2D eigenvalue weighted by molar-refractivity contribution is 9.10. The fraction of sp³-hybridized carbons (Fsp3) is 0.333. The van der Waals surface area contributed by atoms with Crippen LogP contribution in [0.5, 0.6) is 0 Å². The first-order valence-electron chi connectivity index (χ1n) is 5.59. The van der Waals surface area contributed by atoms with Crippen molar-refractivity contribution in [3.63, 3.8) is 0 Å². The van der Waals surface area contributed by atoms with Crippen LogP contribution >= 0.6 is 27.5 Å². The Bertz CT molecular complexity index is 506. The lowest BCUT2D eigenvalue weighted by molar-refractivity contribution is 0.0734. The molecule has 104 valence electrons. The van der Waals surface area contributed by atoms with Gasteiger partial charge < -0.3 is 15.8 Å². The summed E-state index contributed by atoms with van der Waals surface area (Å²) in [5.41, 5.74) is 5.83. The van der Waals surface area contributed by atoms with Crippen LogP contribution in [0.15, 0.2) is 27.8 Å². The van der Waals surface area contributed by atoms with Gasteiger partial charge >= 0.3 is 0 Å². The first kappa shape index (κ1) is 15.8. The summed E-state index contributed by atoms with van der Waals surface area (Å²) in [7, 11) is 0. The van der Waals surface area contributed by atoms with E-state index in [0.717, 1.165) is 4.47 Å². The molecule has 0 spiro atoms. The van der Waals surface area contributed by atoms with Gasteiger partial charge in [-0.3, -0.25) is 4.79 Å². The maximum absolute atomic E-state index is 12.4. The van der Waals surface area contributed by atoms with Gasteiger partial charge in [-0.25, -0.2) is 0 Å². The number of hydrogen-bond donors (Lipinski definition) is 2. The fourth-order valence-corrected chi connectivity index (χ4v) is 2.07. The Morgan fingerprint density at radius 2 is 2.21 bits per heavy atom. The van der Waals surface area contributed by atoms with Crippen LogP contribution in [0.25, 0.3) is 0 Å². The quantitative estimate of drug-likeness (QED) is 0.380. The molecule has 0 atom stereocenters. The van der Waals surface area contributed by atoms with E-state index in [1.807, 2.05) is 13.8 Å². The fourth-order valence-electron chi connectivity index (χ4n) is 1.51. The average molecular weight is 349 g/mol. The third-order valence-electron chi connectivity index (χ3n) is 2.50. The summed E-state index contributed by atoms with van der Waals surface area (Å²) in [6.07, 6.45) is 0. The molecule has 1 aromatic rings. The minimum absolute atomic E-state index is 0.0341. The van der Waals surface area contributed by atoms with Crippen molar-refractivity contribution in [3.05, 3.63) is 33.3 Å². The second kappa shape index (κ2) is 6.77.